The fourth-order valence-corrected chi connectivity index (χ4v) is 5.35. The summed E-state index contributed by atoms with van der Waals surface area (Å²) in [6.45, 7) is 4.50. The Balaban J connectivity index is 0.00000189. The van der Waals surface area contributed by atoms with Crippen LogP contribution in [0.1, 0.15) is 54.1 Å². The molecule has 2 amide bonds. The van der Waals surface area contributed by atoms with Crippen molar-refractivity contribution in [3.8, 4) is 6.07 Å². The molecule has 3 unspecified atom stereocenters. The van der Waals surface area contributed by atoms with E-state index < -0.39 is 24.0 Å². The Morgan fingerprint density at radius 2 is 1.37 bits per heavy atom. The monoisotopic (exact) mass is 549 g/mol. The second kappa shape index (κ2) is 14.2. The van der Waals surface area contributed by atoms with Crippen molar-refractivity contribution in [3.63, 3.8) is 0 Å². The van der Waals surface area contributed by atoms with Gasteiger partial charge in [0.05, 0.1) is 23.8 Å². The van der Waals surface area contributed by atoms with Crippen LogP contribution in [-0.2, 0) is 19.5 Å². The summed E-state index contributed by atoms with van der Waals surface area (Å²) in [4.78, 5) is 18.0. The van der Waals surface area contributed by atoms with Gasteiger partial charge in [-0.3, -0.25) is 0 Å². The second-order valence-electron chi connectivity index (χ2n) is 9.94. The third kappa shape index (κ3) is 7.19. The van der Waals surface area contributed by atoms with Gasteiger partial charge in [-0.25, -0.2) is 9.18 Å². The van der Waals surface area contributed by atoms with Crippen LogP contribution in [0.4, 0.5) is 9.18 Å². The van der Waals surface area contributed by atoms with Crippen LogP contribution >= 0.6 is 0 Å². The van der Waals surface area contributed by atoms with Crippen LogP contribution in [-0.4, -0.2) is 33.1 Å². The molecule has 0 aliphatic carbocycles. The number of aliphatic hydroxyl groups excluding tert-OH is 1. The third-order valence-corrected chi connectivity index (χ3v) is 7.35. The molecule has 0 bridgehead atoms. The first kappa shape index (κ1) is 29.5. The van der Waals surface area contributed by atoms with E-state index >= 15 is 0 Å². The SMILES string of the molecule is CC.N#Cc1cc(CN2C(=O)N(Cc3ccccc3)C(Cc3ccccc3)C(O)CC2c2ccccc2)ccc1F. The molecule has 0 spiro atoms. The first-order chi connectivity index (χ1) is 20.0. The van der Waals surface area contributed by atoms with E-state index in [2.05, 4.69) is 0 Å². The maximum absolute atomic E-state index is 14.5. The molecule has 0 saturated carbocycles. The zero-order chi connectivity index (χ0) is 29.2. The minimum atomic E-state index is -0.795. The molecule has 4 aromatic carbocycles. The molecular formula is C35H36FN3O2. The Kier molecular flexibility index (Phi) is 10.3. The molecule has 1 heterocycles. The number of carbonyl (C=O) groups excluding carboxylic acids is 1. The van der Waals surface area contributed by atoms with Crippen molar-refractivity contribution >= 4 is 6.03 Å². The van der Waals surface area contributed by atoms with Crippen LogP contribution in [0.25, 0.3) is 0 Å². The zero-order valence-corrected chi connectivity index (χ0v) is 23.5. The van der Waals surface area contributed by atoms with E-state index in [4.69, 9.17) is 0 Å². The van der Waals surface area contributed by atoms with E-state index in [9.17, 15) is 19.6 Å². The van der Waals surface area contributed by atoms with E-state index in [1.165, 1.54) is 12.1 Å². The minimum absolute atomic E-state index is 0.0610. The molecule has 1 aliphatic heterocycles. The molecule has 4 aromatic rings. The second-order valence-corrected chi connectivity index (χ2v) is 9.94. The number of benzene rings is 4. The molecule has 0 radical (unpaired) electrons. The topological polar surface area (TPSA) is 67.6 Å². The van der Waals surface area contributed by atoms with Crippen molar-refractivity contribution < 1.29 is 14.3 Å². The summed E-state index contributed by atoms with van der Waals surface area (Å²) < 4.78 is 14.1. The van der Waals surface area contributed by atoms with Crippen molar-refractivity contribution in [1.82, 2.24) is 9.80 Å². The quantitative estimate of drug-likeness (QED) is 0.264. The Bertz CT molecular complexity index is 1440. The number of amides is 2. The molecule has 41 heavy (non-hydrogen) atoms. The van der Waals surface area contributed by atoms with Gasteiger partial charge in [0, 0.05) is 19.5 Å². The van der Waals surface area contributed by atoms with Crippen LogP contribution in [0.3, 0.4) is 0 Å². The lowest BCUT2D eigenvalue weighted by Crippen LogP contribution is -2.49. The summed E-state index contributed by atoms with van der Waals surface area (Å²) in [5, 5.41) is 21.1. The van der Waals surface area contributed by atoms with Crippen molar-refractivity contribution in [2.75, 3.05) is 0 Å². The number of rotatable bonds is 7. The lowest BCUT2D eigenvalue weighted by atomic mass is 9.93. The van der Waals surface area contributed by atoms with E-state index in [0.717, 1.165) is 16.7 Å². The Labute approximate surface area is 242 Å². The molecule has 210 valence electrons. The number of nitrogens with zero attached hydrogens (tertiary/aromatic N) is 3. The summed E-state index contributed by atoms with van der Waals surface area (Å²) in [6, 6.07) is 34.5. The van der Waals surface area contributed by atoms with Crippen LogP contribution in [0.5, 0.6) is 0 Å². The number of carbonyl (C=O) groups is 1. The molecule has 1 N–H and O–H groups in total. The Hall–Kier alpha value is -4.47. The number of aliphatic hydroxyl groups is 1. The standard InChI is InChI=1S/C33H30FN3O2.C2H6/c34-29-17-16-26(18-28(29)21-35)23-36-30(27-14-8-3-9-15-27)20-32(38)31(19-24-10-4-1-5-11-24)37(33(36)39)22-25-12-6-2-7-13-25;1-2/h1-18,30-32,38H,19-20,22-23H2;1-2H3. The Morgan fingerprint density at radius 3 is 1.98 bits per heavy atom. The highest BCUT2D eigenvalue weighted by atomic mass is 19.1. The first-order valence-corrected chi connectivity index (χ1v) is 14.1. The van der Waals surface area contributed by atoms with Gasteiger partial charge in [-0.1, -0.05) is 111 Å². The fourth-order valence-electron chi connectivity index (χ4n) is 5.35. The first-order valence-electron chi connectivity index (χ1n) is 14.1. The third-order valence-electron chi connectivity index (χ3n) is 7.35. The molecule has 0 aromatic heterocycles. The van der Waals surface area contributed by atoms with Crippen molar-refractivity contribution in [3.05, 3.63) is 143 Å². The summed E-state index contributed by atoms with van der Waals surface area (Å²) in [6.07, 6.45) is 0.0478. The molecule has 5 rings (SSSR count). The highest BCUT2D eigenvalue weighted by Gasteiger charge is 2.41. The molecule has 1 aliphatic rings. The maximum Gasteiger partial charge on any atom is 0.321 e. The number of hydrogen-bond donors (Lipinski definition) is 1. The predicted molar refractivity (Wildman–Crippen MR) is 159 cm³/mol. The van der Waals surface area contributed by atoms with E-state index in [1.54, 1.807) is 15.9 Å². The Morgan fingerprint density at radius 1 is 0.805 bits per heavy atom. The number of urea groups is 1. The van der Waals surface area contributed by atoms with Crippen molar-refractivity contribution in [2.45, 2.75) is 58.0 Å². The van der Waals surface area contributed by atoms with Crippen LogP contribution in [0, 0.1) is 17.1 Å². The lowest BCUT2D eigenvalue weighted by Gasteiger charge is -2.36. The molecule has 5 nitrogen and oxygen atoms in total. The average molecular weight is 550 g/mol. The van der Waals surface area contributed by atoms with Crippen molar-refractivity contribution in [1.29, 1.82) is 5.26 Å². The molecule has 6 heteroatoms. The van der Waals surface area contributed by atoms with E-state index in [1.807, 2.05) is 111 Å². The van der Waals surface area contributed by atoms with Gasteiger partial charge in [0.15, 0.2) is 0 Å². The zero-order valence-electron chi connectivity index (χ0n) is 23.5. The lowest BCUT2D eigenvalue weighted by molar-refractivity contribution is 0.0660. The molecule has 3 atom stereocenters. The number of halogens is 1. The van der Waals surface area contributed by atoms with Gasteiger partial charge in [0.2, 0.25) is 0 Å². The smallest absolute Gasteiger partial charge is 0.321 e. The van der Waals surface area contributed by atoms with Crippen LogP contribution in [0.15, 0.2) is 109 Å². The van der Waals surface area contributed by atoms with Gasteiger partial charge in [-0.05, 0) is 40.8 Å². The molecule has 1 saturated heterocycles. The number of hydrogen-bond acceptors (Lipinski definition) is 3. The van der Waals surface area contributed by atoms with Gasteiger partial charge >= 0.3 is 6.03 Å². The van der Waals surface area contributed by atoms with Crippen LogP contribution in [0.2, 0.25) is 0 Å². The van der Waals surface area contributed by atoms with Gasteiger partial charge in [0.25, 0.3) is 0 Å². The van der Waals surface area contributed by atoms with Crippen LogP contribution < -0.4 is 0 Å². The van der Waals surface area contributed by atoms with Gasteiger partial charge < -0.3 is 14.9 Å². The largest absolute Gasteiger partial charge is 0.391 e. The van der Waals surface area contributed by atoms with Gasteiger partial charge in [-0.15, -0.1) is 0 Å². The van der Waals surface area contributed by atoms with Gasteiger partial charge in [0.1, 0.15) is 11.9 Å². The van der Waals surface area contributed by atoms with E-state index in [0.29, 0.717) is 24.9 Å². The molecular weight excluding hydrogens is 513 g/mol. The van der Waals surface area contributed by atoms with Gasteiger partial charge in [-0.2, -0.15) is 5.26 Å². The molecule has 1 fully saturated rings. The number of nitriles is 1. The summed E-state index contributed by atoms with van der Waals surface area (Å²) in [7, 11) is 0. The average Bonchev–Trinajstić information content (AvgIpc) is 3.11. The summed E-state index contributed by atoms with van der Waals surface area (Å²) in [5.41, 5.74) is 3.50. The minimum Gasteiger partial charge on any atom is -0.391 e. The normalized spacial score (nSPS) is 18.6. The predicted octanol–water partition coefficient (Wildman–Crippen LogP) is 7.26. The van der Waals surface area contributed by atoms with E-state index in [-0.39, 0.29) is 18.1 Å². The van der Waals surface area contributed by atoms with Crippen molar-refractivity contribution in [2.24, 2.45) is 0 Å². The fraction of sp³-hybridized carbons (Fsp3) is 0.257. The summed E-state index contributed by atoms with van der Waals surface area (Å²) in [5.74, 6) is -0.591. The maximum atomic E-state index is 14.5. The summed E-state index contributed by atoms with van der Waals surface area (Å²) >= 11 is 0. The highest BCUT2D eigenvalue weighted by molar-refractivity contribution is 5.76. The highest BCUT2D eigenvalue weighted by Crippen LogP contribution is 2.35.